The van der Waals surface area contributed by atoms with Crippen LogP contribution < -0.4 is 5.32 Å². The summed E-state index contributed by atoms with van der Waals surface area (Å²) in [6, 6.07) is 17.1. The molecule has 0 bridgehead atoms. The minimum atomic E-state index is -0.0643. The lowest BCUT2D eigenvalue weighted by molar-refractivity contribution is -0.117. The van der Waals surface area contributed by atoms with Crippen molar-refractivity contribution in [2.24, 2.45) is 0 Å². The predicted octanol–water partition coefficient (Wildman–Crippen LogP) is 4.21. The molecule has 0 aliphatic heterocycles. The minimum Gasteiger partial charge on any atom is -0.325 e. The van der Waals surface area contributed by atoms with Gasteiger partial charge >= 0.3 is 0 Å². The zero-order valence-electron chi connectivity index (χ0n) is 15.7. The Hall–Kier alpha value is -2.63. The van der Waals surface area contributed by atoms with Crippen LogP contribution in [0.2, 0.25) is 5.02 Å². The molecule has 140 valence electrons. The first-order valence-corrected chi connectivity index (χ1v) is 9.16. The molecule has 1 amide bonds. The Bertz CT molecular complexity index is 919. The normalized spacial score (nSPS) is 11.0. The summed E-state index contributed by atoms with van der Waals surface area (Å²) >= 11 is 5.87. The fourth-order valence-electron chi connectivity index (χ4n) is 3.03. The maximum absolute atomic E-state index is 12.3. The van der Waals surface area contributed by atoms with Gasteiger partial charge in [-0.1, -0.05) is 29.8 Å². The molecule has 1 N–H and O–H groups in total. The lowest BCUT2D eigenvalue weighted by Gasteiger charge is -2.17. The summed E-state index contributed by atoms with van der Waals surface area (Å²) in [4.78, 5) is 14.3. The quantitative estimate of drug-likeness (QED) is 0.694. The van der Waals surface area contributed by atoms with E-state index in [9.17, 15) is 4.79 Å². The summed E-state index contributed by atoms with van der Waals surface area (Å²) in [6.45, 7) is 5.00. The molecule has 0 unspecified atom stereocenters. The number of hydrogen-bond donors (Lipinski definition) is 1. The number of anilines is 1. The van der Waals surface area contributed by atoms with Crippen molar-refractivity contribution >= 4 is 23.2 Å². The molecular formula is C21H23ClN4O. The van der Waals surface area contributed by atoms with Crippen LogP contribution >= 0.6 is 11.6 Å². The standard InChI is InChI=1S/C21H23ClN4O/c1-15-20(16(2)26(24-15)19-7-5-4-6-8-19)13-25(3)14-21(27)23-18-11-9-17(22)10-12-18/h4-12H,13-14H2,1-3H3,(H,23,27). The van der Waals surface area contributed by atoms with Gasteiger partial charge in [0.25, 0.3) is 0 Å². The van der Waals surface area contributed by atoms with Gasteiger partial charge in [-0.2, -0.15) is 5.10 Å². The summed E-state index contributed by atoms with van der Waals surface area (Å²) < 4.78 is 1.95. The number of rotatable bonds is 6. The van der Waals surface area contributed by atoms with Gasteiger partial charge in [0.2, 0.25) is 5.91 Å². The number of para-hydroxylation sites is 1. The SMILES string of the molecule is Cc1nn(-c2ccccc2)c(C)c1CN(C)CC(=O)Nc1ccc(Cl)cc1. The average molecular weight is 383 g/mol. The smallest absolute Gasteiger partial charge is 0.238 e. The number of carbonyl (C=O) groups is 1. The number of aromatic nitrogens is 2. The van der Waals surface area contributed by atoms with Crippen molar-refractivity contribution in [2.75, 3.05) is 18.9 Å². The van der Waals surface area contributed by atoms with Crippen LogP contribution in [0.25, 0.3) is 5.69 Å². The van der Waals surface area contributed by atoms with E-state index in [4.69, 9.17) is 11.6 Å². The van der Waals surface area contributed by atoms with E-state index in [2.05, 4.69) is 17.3 Å². The predicted molar refractivity (Wildman–Crippen MR) is 109 cm³/mol. The molecule has 0 saturated carbocycles. The Morgan fingerprint density at radius 3 is 2.44 bits per heavy atom. The van der Waals surface area contributed by atoms with Crippen LogP contribution in [0.3, 0.4) is 0 Å². The Morgan fingerprint density at radius 1 is 1.11 bits per heavy atom. The van der Waals surface area contributed by atoms with E-state index in [0.717, 1.165) is 28.3 Å². The Morgan fingerprint density at radius 2 is 1.78 bits per heavy atom. The zero-order valence-corrected chi connectivity index (χ0v) is 16.5. The maximum Gasteiger partial charge on any atom is 0.238 e. The molecule has 0 aliphatic carbocycles. The molecular weight excluding hydrogens is 360 g/mol. The number of hydrogen-bond acceptors (Lipinski definition) is 3. The molecule has 1 aromatic heterocycles. The Labute approximate surface area is 164 Å². The molecule has 3 rings (SSSR count). The molecule has 0 aliphatic rings. The first-order chi connectivity index (χ1) is 12.9. The van der Waals surface area contributed by atoms with Gasteiger partial charge in [0.1, 0.15) is 0 Å². The van der Waals surface area contributed by atoms with E-state index in [-0.39, 0.29) is 12.5 Å². The van der Waals surface area contributed by atoms with E-state index in [1.807, 2.05) is 53.9 Å². The topological polar surface area (TPSA) is 50.2 Å². The molecule has 2 aromatic carbocycles. The number of carbonyl (C=O) groups excluding carboxylic acids is 1. The van der Waals surface area contributed by atoms with Crippen LogP contribution in [0.4, 0.5) is 5.69 Å². The van der Waals surface area contributed by atoms with Crippen LogP contribution in [0.15, 0.2) is 54.6 Å². The molecule has 27 heavy (non-hydrogen) atoms. The second kappa shape index (κ2) is 8.37. The number of nitrogens with one attached hydrogen (secondary N) is 1. The highest BCUT2D eigenvalue weighted by Crippen LogP contribution is 2.19. The van der Waals surface area contributed by atoms with Crippen molar-refractivity contribution < 1.29 is 4.79 Å². The van der Waals surface area contributed by atoms with Crippen LogP contribution in [-0.2, 0) is 11.3 Å². The van der Waals surface area contributed by atoms with E-state index in [0.29, 0.717) is 11.6 Å². The van der Waals surface area contributed by atoms with Crippen molar-refractivity contribution in [3.8, 4) is 5.69 Å². The molecule has 5 nitrogen and oxygen atoms in total. The van der Waals surface area contributed by atoms with Crippen molar-refractivity contribution in [3.05, 3.63) is 76.6 Å². The largest absolute Gasteiger partial charge is 0.325 e. The van der Waals surface area contributed by atoms with Crippen molar-refractivity contribution in [2.45, 2.75) is 20.4 Å². The average Bonchev–Trinajstić information content (AvgIpc) is 2.92. The molecule has 0 spiro atoms. The second-order valence-corrected chi connectivity index (χ2v) is 7.06. The number of benzene rings is 2. The first kappa shape index (κ1) is 19.1. The molecule has 1 heterocycles. The van der Waals surface area contributed by atoms with Crippen molar-refractivity contribution in [1.82, 2.24) is 14.7 Å². The second-order valence-electron chi connectivity index (χ2n) is 6.62. The fourth-order valence-corrected chi connectivity index (χ4v) is 3.16. The summed E-state index contributed by atoms with van der Waals surface area (Å²) in [6.07, 6.45) is 0. The summed E-state index contributed by atoms with van der Waals surface area (Å²) in [5.74, 6) is -0.0643. The third kappa shape index (κ3) is 4.76. The molecule has 0 saturated heterocycles. The third-order valence-corrected chi connectivity index (χ3v) is 4.66. The van der Waals surface area contributed by atoms with Gasteiger partial charge < -0.3 is 5.32 Å². The fraction of sp³-hybridized carbons (Fsp3) is 0.238. The minimum absolute atomic E-state index is 0.0643. The Kier molecular flexibility index (Phi) is 5.94. The lowest BCUT2D eigenvalue weighted by Crippen LogP contribution is -2.30. The summed E-state index contributed by atoms with van der Waals surface area (Å²) in [5, 5.41) is 8.20. The van der Waals surface area contributed by atoms with Crippen LogP contribution in [0, 0.1) is 13.8 Å². The van der Waals surface area contributed by atoms with Gasteiger partial charge in [-0.05, 0) is 57.3 Å². The van der Waals surface area contributed by atoms with Crippen molar-refractivity contribution in [3.63, 3.8) is 0 Å². The van der Waals surface area contributed by atoms with Gasteiger partial charge in [-0.3, -0.25) is 9.69 Å². The highest BCUT2D eigenvalue weighted by atomic mass is 35.5. The zero-order chi connectivity index (χ0) is 19.4. The first-order valence-electron chi connectivity index (χ1n) is 8.78. The van der Waals surface area contributed by atoms with Gasteiger partial charge in [-0.25, -0.2) is 4.68 Å². The van der Waals surface area contributed by atoms with E-state index >= 15 is 0 Å². The lowest BCUT2D eigenvalue weighted by atomic mass is 10.2. The Balaban J connectivity index is 1.65. The van der Waals surface area contributed by atoms with Gasteiger partial charge in [0.05, 0.1) is 17.9 Å². The highest BCUT2D eigenvalue weighted by Gasteiger charge is 2.16. The van der Waals surface area contributed by atoms with E-state index in [1.165, 1.54) is 0 Å². The van der Waals surface area contributed by atoms with Gasteiger partial charge in [0.15, 0.2) is 0 Å². The molecule has 0 atom stereocenters. The highest BCUT2D eigenvalue weighted by molar-refractivity contribution is 6.30. The van der Waals surface area contributed by atoms with Gasteiger partial charge in [0, 0.05) is 28.5 Å². The van der Waals surface area contributed by atoms with Crippen LogP contribution in [0.1, 0.15) is 17.0 Å². The molecule has 3 aromatic rings. The summed E-state index contributed by atoms with van der Waals surface area (Å²) in [5.41, 5.74) is 4.97. The molecule has 0 fully saturated rings. The number of halogens is 1. The maximum atomic E-state index is 12.3. The number of likely N-dealkylation sites (N-methyl/N-ethyl adjacent to an activating group) is 1. The van der Waals surface area contributed by atoms with Crippen molar-refractivity contribution in [1.29, 1.82) is 0 Å². The third-order valence-electron chi connectivity index (χ3n) is 4.41. The number of amides is 1. The monoisotopic (exact) mass is 382 g/mol. The van der Waals surface area contributed by atoms with Gasteiger partial charge in [-0.15, -0.1) is 0 Å². The van der Waals surface area contributed by atoms with E-state index < -0.39 is 0 Å². The summed E-state index contributed by atoms with van der Waals surface area (Å²) in [7, 11) is 1.93. The van der Waals surface area contributed by atoms with E-state index in [1.54, 1.807) is 24.3 Å². The molecule has 0 radical (unpaired) electrons. The van der Waals surface area contributed by atoms with Crippen LogP contribution in [0.5, 0.6) is 0 Å². The number of aryl methyl sites for hydroxylation is 1. The number of nitrogens with zero attached hydrogens (tertiary/aromatic N) is 3. The molecule has 6 heteroatoms. The van der Waals surface area contributed by atoms with Crippen LogP contribution in [-0.4, -0.2) is 34.2 Å².